The van der Waals surface area contributed by atoms with E-state index in [-0.39, 0.29) is 0 Å². The van der Waals surface area contributed by atoms with E-state index in [2.05, 4.69) is 24.5 Å². The molecule has 0 aromatic carbocycles. The molecule has 0 radical (unpaired) electrons. The number of amides is 2. The van der Waals surface area contributed by atoms with Gasteiger partial charge in [-0.05, 0) is 24.8 Å². The third kappa shape index (κ3) is 13.4. The first-order chi connectivity index (χ1) is 28.0. The molecule has 3 aliphatic rings. The van der Waals surface area contributed by atoms with E-state index in [1.807, 2.05) is 4.98 Å². The predicted molar refractivity (Wildman–Crippen MR) is 207 cm³/mol. The van der Waals surface area contributed by atoms with Crippen molar-refractivity contribution >= 4 is 11.8 Å². The minimum absolute atomic E-state index is 0.597. The maximum absolute atomic E-state index is 13.1. The number of aromatic nitrogens is 2. The van der Waals surface area contributed by atoms with E-state index in [1.54, 1.807) is 6.08 Å². The van der Waals surface area contributed by atoms with E-state index < -0.39 is 128 Å². The highest BCUT2D eigenvalue weighted by Crippen LogP contribution is 2.34. The lowest BCUT2D eigenvalue weighted by molar-refractivity contribution is -0.346. The van der Waals surface area contributed by atoms with Crippen molar-refractivity contribution in [3.8, 4) is 0 Å². The van der Waals surface area contributed by atoms with Crippen molar-refractivity contribution in [3.63, 3.8) is 0 Å². The molecular weight excluding hydrogens is 780 g/mol. The van der Waals surface area contributed by atoms with E-state index in [4.69, 9.17) is 18.9 Å². The van der Waals surface area contributed by atoms with Crippen LogP contribution in [0.15, 0.2) is 34.0 Å². The zero-order valence-electron chi connectivity index (χ0n) is 33.8. The maximum Gasteiger partial charge on any atom is 0.330 e. The lowest BCUT2D eigenvalue weighted by Gasteiger charge is -2.47. The summed E-state index contributed by atoms with van der Waals surface area (Å²) >= 11 is 0. The van der Waals surface area contributed by atoms with Crippen molar-refractivity contribution in [2.45, 2.75) is 183 Å². The number of hydrogen-bond acceptors (Lipinski definition) is 16. The number of carbonyl (C=O) groups excluding carboxylic acids is 2. The summed E-state index contributed by atoms with van der Waals surface area (Å²) in [4.78, 5) is 51.1. The van der Waals surface area contributed by atoms with Gasteiger partial charge in [-0.15, -0.1) is 0 Å². The number of nitrogens with zero attached hydrogens (tertiary/aromatic N) is 1. The topological polar surface area (TPSA) is 312 Å². The average Bonchev–Trinajstić information content (AvgIpc) is 3.47. The van der Waals surface area contributed by atoms with Crippen LogP contribution in [-0.4, -0.2) is 155 Å². The molecule has 0 bridgehead atoms. The van der Waals surface area contributed by atoms with Crippen LogP contribution in [-0.2, 0) is 28.5 Å². The molecule has 3 fully saturated rings. The normalized spacial score (nSPS) is 34.3. The average molecular weight is 845 g/mol. The molecule has 59 heavy (non-hydrogen) atoms. The Morgan fingerprint density at radius 3 is 1.98 bits per heavy atom. The Morgan fingerprint density at radius 1 is 0.814 bits per heavy atom. The summed E-state index contributed by atoms with van der Waals surface area (Å²) in [5.74, 6) is -0.621. The Hall–Kier alpha value is -3.12. The van der Waals surface area contributed by atoms with Gasteiger partial charge in [0.05, 0.1) is 18.8 Å². The Bertz CT molecular complexity index is 1610. The van der Waals surface area contributed by atoms with Gasteiger partial charge in [0.25, 0.3) is 5.56 Å². The molecule has 1 aromatic heterocycles. The summed E-state index contributed by atoms with van der Waals surface area (Å²) in [5, 5.41) is 91.4. The minimum Gasteiger partial charge on any atom is -0.394 e. The summed E-state index contributed by atoms with van der Waals surface area (Å²) in [6.07, 6.45) is -7.65. The number of unbranched alkanes of at least 4 members (excludes halogenated alkanes) is 8. The Labute approximate surface area is 342 Å². The summed E-state index contributed by atoms with van der Waals surface area (Å²) < 4.78 is 24.1. The summed E-state index contributed by atoms with van der Waals surface area (Å²) in [6, 6.07) is -2.01. The highest BCUT2D eigenvalue weighted by Gasteiger charge is 2.53. The van der Waals surface area contributed by atoms with Crippen LogP contribution >= 0.6 is 0 Å². The van der Waals surface area contributed by atoms with Gasteiger partial charge in [-0.1, -0.05) is 71.3 Å². The highest BCUT2D eigenvalue weighted by atomic mass is 16.8. The van der Waals surface area contributed by atoms with Crippen LogP contribution in [0.3, 0.4) is 0 Å². The van der Waals surface area contributed by atoms with Crippen LogP contribution < -0.4 is 21.9 Å². The second-order valence-corrected chi connectivity index (χ2v) is 16.1. The SMILES string of the molecule is CC(=O)N[C@H]1[C@H](O[C@@H]2O[C@H](C[C@@H](O)[C@H]3O[C@@H](n4ccc(=O)[nH]c4=O)[C@H](O)[C@@H]3O)[C@H](O)[C@H](O)[C@H]2NC(=O)/C=C/CCCCCCCCCCC(C)C)O[C@H](CO)[C@@H](O)[C@@H]1O. The van der Waals surface area contributed by atoms with Gasteiger partial charge in [-0.3, -0.25) is 23.9 Å². The highest BCUT2D eigenvalue weighted by molar-refractivity contribution is 5.87. The minimum atomic E-state index is -1.85. The molecule has 11 N–H and O–H groups in total. The van der Waals surface area contributed by atoms with Gasteiger partial charge in [0.1, 0.15) is 60.9 Å². The van der Waals surface area contributed by atoms with Crippen molar-refractivity contribution < 1.29 is 69.4 Å². The number of ether oxygens (including phenoxy) is 4. The maximum atomic E-state index is 13.1. The van der Waals surface area contributed by atoms with Gasteiger partial charge in [0.2, 0.25) is 11.8 Å². The molecule has 2 amide bonds. The first kappa shape index (κ1) is 48.5. The molecule has 15 atom stereocenters. The smallest absolute Gasteiger partial charge is 0.330 e. The number of H-pyrrole nitrogens is 1. The third-order valence-corrected chi connectivity index (χ3v) is 11.0. The Kier molecular flexibility index (Phi) is 19.1. The number of aromatic amines is 1. The number of aliphatic hydroxyl groups excluding tert-OH is 8. The molecule has 0 aliphatic carbocycles. The van der Waals surface area contributed by atoms with Crippen molar-refractivity contribution in [1.82, 2.24) is 20.2 Å². The summed E-state index contributed by atoms with van der Waals surface area (Å²) in [7, 11) is 0. The first-order valence-electron chi connectivity index (χ1n) is 20.6. The molecule has 0 unspecified atom stereocenters. The van der Waals surface area contributed by atoms with Crippen molar-refractivity contribution in [2.24, 2.45) is 5.92 Å². The second-order valence-electron chi connectivity index (χ2n) is 16.1. The van der Waals surface area contributed by atoms with Crippen LogP contribution in [0.4, 0.5) is 0 Å². The molecule has 4 rings (SSSR count). The molecular formula is C39H64N4O16. The number of carbonyl (C=O) groups is 2. The van der Waals surface area contributed by atoms with E-state index in [0.29, 0.717) is 6.42 Å². The Balaban J connectivity index is 1.44. The molecule has 20 nitrogen and oxygen atoms in total. The fourth-order valence-electron chi connectivity index (χ4n) is 7.63. The summed E-state index contributed by atoms with van der Waals surface area (Å²) in [5.41, 5.74) is -1.68. The molecule has 20 heteroatoms. The fraction of sp³-hybridized carbons (Fsp3) is 0.795. The lowest BCUT2D eigenvalue weighted by Crippen LogP contribution is -2.68. The van der Waals surface area contributed by atoms with Gasteiger partial charge in [-0.25, -0.2) is 4.79 Å². The zero-order valence-corrected chi connectivity index (χ0v) is 33.8. The number of aliphatic hydroxyl groups is 8. The summed E-state index contributed by atoms with van der Waals surface area (Å²) in [6.45, 7) is 4.81. The van der Waals surface area contributed by atoms with Crippen LogP contribution in [0.5, 0.6) is 0 Å². The molecule has 336 valence electrons. The fourth-order valence-corrected chi connectivity index (χ4v) is 7.63. The van der Waals surface area contributed by atoms with Crippen molar-refractivity contribution in [1.29, 1.82) is 0 Å². The zero-order chi connectivity index (χ0) is 43.4. The number of rotatable bonds is 21. The van der Waals surface area contributed by atoms with Gasteiger partial charge < -0.3 is 70.4 Å². The second kappa shape index (κ2) is 23.2. The largest absolute Gasteiger partial charge is 0.394 e. The van der Waals surface area contributed by atoms with Crippen LogP contribution in [0.2, 0.25) is 0 Å². The third-order valence-electron chi connectivity index (χ3n) is 11.0. The lowest BCUT2D eigenvalue weighted by atomic mass is 9.91. The van der Waals surface area contributed by atoms with Crippen LogP contribution in [0.1, 0.15) is 97.6 Å². The van der Waals surface area contributed by atoms with Gasteiger partial charge in [0.15, 0.2) is 18.8 Å². The molecule has 3 aliphatic heterocycles. The quantitative estimate of drug-likeness (QED) is 0.0467. The molecule has 1 aromatic rings. The van der Waals surface area contributed by atoms with Crippen molar-refractivity contribution in [3.05, 3.63) is 45.3 Å². The van der Waals surface area contributed by atoms with E-state index in [0.717, 1.165) is 55.4 Å². The molecule has 4 heterocycles. The first-order valence-corrected chi connectivity index (χ1v) is 20.6. The Morgan fingerprint density at radius 2 is 1.39 bits per heavy atom. The van der Waals surface area contributed by atoms with Gasteiger partial charge in [-0.2, -0.15) is 0 Å². The molecule has 0 spiro atoms. The molecule has 3 saturated heterocycles. The molecule has 0 saturated carbocycles. The predicted octanol–water partition coefficient (Wildman–Crippen LogP) is -2.09. The number of allylic oxidation sites excluding steroid dienone is 1. The van der Waals surface area contributed by atoms with Gasteiger partial charge in [0, 0.05) is 25.6 Å². The van der Waals surface area contributed by atoms with E-state index >= 15 is 0 Å². The van der Waals surface area contributed by atoms with E-state index in [9.17, 15) is 60.0 Å². The van der Waals surface area contributed by atoms with Crippen LogP contribution in [0.25, 0.3) is 0 Å². The van der Waals surface area contributed by atoms with Crippen LogP contribution in [0, 0.1) is 5.92 Å². The van der Waals surface area contributed by atoms with Gasteiger partial charge >= 0.3 is 5.69 Å². The number of hydrogen-bond donors (Lipinski definition) is 11. The standard InChI is InChI=1S/C39H64N4O16/c1-20(2)14-12-10-8-6-4-5-7-9-11-13-15-25(47)41-28-32(52)29(49)23(56-38(28)59-37-27(40-21(3)45)31(51)30(50)24(19-44)57-37)18-22(46)35-33(53)34(54)36(58-35)43-17-16-26(48)42-39(43)55/h13,15-17,20,22-24,27-38,44,46,49-54H,4-12,14,18-19H2,1-3H3,(H,40,45)(H,41,47)(H,42,48,55)/b15-13+/t22-,23-,24-,27-,28-,29+,30-,31-,32-,33+,34-,35-,36-,37+,38+/m1/s1. The van der Waals surface area contributed by atoms with E-state index in [1.165, 1.54) is 38.2 Å². The number of nitrogens with one attached hydrogen (secondary N) is 3. The monoisotopic (exact) mass is 844 g/mol. The van der Waals surface area contributed by atoms with Crippen molar-refractivity contribution in [2.75, 3.05) is 6.61 Å².